The number of carbonyl (C=O) groups excluding carboxylic acids is 2. The first kappa shape index (κ1) is 16.0. The highest BCUT2D eigenvalue weighted by atomic mass is 35.5. The minimum atomic E-state index is -0.247. The molecule has 0 unspecified atom stereocenters. The van der Waals surface area contributed by atoms with Crippen LogP contribution in [0.25, 0.3) is 0 Å². The van der Waals surface area contributed by atoms with Crippen LogP contribution in [0.5, 0.6) is 0 Å². The van der Waals surface area contributed by atoms with Crippen LogP contribution in [0.4, 0.5) is 11.4 Å². The molecule has 0 radical (unpaired) electrons. The lowest BCUT2D eigenvalue weighted by Crippen LogP contribution is -2.18. The first-order valence-corrected chi connectivity index (χ1v) is 7.31. The van der Waals surface area contributed by atoms with Gasteiger partial charge in [-0.1, -0.05) is 31.5 Å². The van der Waals surface area contributed by atoms with E-state index in [1.54, 1.807) is 48.5 Å². The van der Waals surface area contributed by atoms with Crippen molar-refractivity contribution >= 4 is 34.8 Å². The van der Waals surface area contributed by atoms with E-state index in [9.17, 15) is 9.59 Å². The third-order valence-corrected chi connectivity index (χ3v) is 3.27. The maximum atomic E-state index is 12.2. The molecule has 22 heavy (non-hydrogen) atoms. The molecule has 0 aliphatic heterocycles. The lowest BCUT2D eigenvalue weighted by Gasteiger charge is -2.10. The molecule has 0 bridgehead atoms. The molecular formula is C17H17ClN2O2. The normalized spacial score (nSPS) is 10.4. The number of anilines is 2. The van der Waals surface area contributed by atoms with Crippen LogP contribution in [-0.2, 0) is 4.79 Å². The van der Waals surface area contributed by atoms with Crippen molar-refractivity contribution in [2.24, 2.45) is 5.92 Å². The minimum absolute atomic E-state index is 0.0877. The van der Waals surface area contributed by atoms with Gasteiger partial charge in [0.2, 0.25) is 5.91 Å². The first-order valence-electron chi connectivity index (χ1n) is 6.93. The predicted octanol–water partition coefficient (Wildman–Crippen LogP) is 4.19. The van der Waals surface area contributed by atoms with Gasteiger partial charge < -0.3 is 10.6 Å². The summed E-state index contributed by atoms with van der Waals surface area (Å²) in [5, 5.41) is 6.16. The highest BCUT2D eigenvalue weighted by molar-refractivity contribution is 6.30. The van der Waals surface area contributed by atoms with Crippen LogP contribution >= 0.6 is 11.6 Å². The van der Waals surface area contributed by atoms with E-state index < -0.39 is 0 Å². The number of benzene rings is 2. The molecular weight excluding hydrogens is 300 g/mol. The van der Waals surface area contributed by atoms with Crippen molar-refractivity contribution in [1.82, 2.24) is 0 Å². The summed E-state index contributed by atoms with van der Waals surface area (Å²) in [7, 11) is 0. The van der Waals surface area contributed by atoms with E-state index in [0.29, 0.717) is 22.0 Å². The summed E-state index contributed by atoms with van der Waals surface area (Å²) in [6, 6.07) is 13.7. The Labute approximate surface area is 134 Å². The van der Waals surface area contributed by atoms with Crippen molar-refractivity contribution < 1.29 is 9.59 Å². The van der Waals surface area contributed by atoms with Crippen LogP contribution in [0, 0.1) is 5.92 Å². The Hall–Kier alpha value is -2.33. The molecule has 0 atom stereocenters. The van der Waals surface area contributed by atoms with E-state index in [4.69, 9.17) is 11.6 Å². The smallest absolute Gasteiger partial charge is 0.255 e. The van der Waals surface area contributed by atoms with Gasteiger partial charge in [0.25, 0.3) is 5.91 Å². The Bertz CT molecular complexity index is 681. The van der Waals surface area contributed by atoms with Gasteiger partial charge >= 0.3 is 0 Å². The van der Waals surface area contributed by atoms with E-state index in [-0.39, 0.29) is 17.7 Å². The van der Waals surface area contributed by atoms with Crippen LogP contribution in [0.15, 0.2) is 48.5 Å². The summed E-state index contributed by atoms with van der Waals surface area (Å²) >= 11 is 5.81. The highest BCUT2D eigenvalue weighted by Gasteiger charge is 2.10. The fraction of sp³-hybridized carbons (Fsp3) is 0.176. The monoisotopic (exact) mass is 316 g/mol. The molecule has 0 aliphatic carbocycles. The molecule has 0 saturated carbocycles. The lowest BCUT2D eigenvalue weighted by atomic mass is 10.1. The van der Waals surface area contributed by atoms with Gasteiger partial charge in [-0.3, -0.25) is 9.59 Å². The fourth-order valence-corrected chi connectivity index (χ4v) is 1.89. The Balaban J connectivity index is 2.09. The number of halogens is 1. The average Bonchev–Trinajstić information content (AvgIpc) is 2.49. The maximum Gasteiger partial charge on any atom is 0.255 e. The zero-order valence-corrected chi connectivity index (χ0v) is 13.1. The third kappa shape index (κ3) is 4.33. The van der Waals surface area contributed by atoms with Gasteiger partial charge in [-0.2, -0.15) is 0 Å². The molecule has 2 aromatic carbocycles. The Morgan fingerprint density at radius 1 is 0.955 bits per heavy atom. The van der Waals surface area contributed by atoms with Crippen LogP contribution in [0.1, 0.15) is 24.2 Å². The molecule has 2 N–H and O–H groups in total. The molecule has 0 aromatic heterocycles. The molecule has 5 heteroatoms. The Kier molecular flexibility index (Phi) is 5.17. The quantitative estimate of drug-likeness (QED) is 0.888. The lowest BCUT2D eigenvalue weighted by molar-refractivity contribution is -0.118. The number of nitrogens with one attached hydrogen (secondary N) is 2. The largest absolute Gasteiger partial charge is 0.326 e. The second-order valence-electron chi connectivity index (χ2n) is 5.19. The number of amides is 2. The van der Waals surface area contributed by atoms with Gasteiger partial charge in [0.15, 0.2) is 0 Å². The van der Waals surface area contributed by atoms with Gasteiger partial charge in [-0.15, -0.1) is 0 Å². The molecule has 0 spiro atoms. The summed E-state index contributed by atoms with van der Waals surface area (Å²) < 4.78 is 0. The van der Waals surface area contributed by atoms with Crippen LogP contribution < -0.4 is 10.6 Å². The van der Waals surface area contributed by atoms with E-state index in [0.717, 1.165) is 0 Å². The van der Waals surface area contributed by atoms with Crippen LogP contribution in [0.2, 0.25) is 5.02 Å². The van der Waals surface area contributed by atoms with Crippen molar-refractivity contribution in [3.8, 4) is 0 Å². The van der Waals surface area contributed by atoms with Crippen molar-refractivity contribution in [3.63, 3.8) is 0 Å². The number of hydrogen-bond acceptors (Lipinski definition) is 2. The first-order chi connectivity index (χ1) is 10.5. The second-order valence-corrected chi connectivity index (χ2v) is 5.62. The number of hydrogen-bond donors (Lipinski definition) is 2. The third-order valence-electron chi connectivity index (χ3n) is 3.02. The number of carbonyl (C=O) groups is 2. The van der Waals surface area contributed by atoms with Crippen molar-refractivity contribution in [2.75, 3.05) is 10.6 Å². The van der Waals surface area contributed by atoms with Gasteiger partial charge in [0.05, 0.1) is 0 Å². The summed E-state index contributed by atoms with van der Waals surface area (Å²) in [5.74, 6) is -0.454. The Morgan fingerprint density at radius 3 is 2.27 bits per heavy atom. The zero-order chi connectivity index (χ0) is 16.1. The summed E-state index contributed by atoms with van der Waals surface area (Å²) in [6.45, 7) is 3.62. The van der Waals surface area contributed by atoms with E-state index in [2.05, 4.69) is 10.6 Å². The van der Waals surface area contributed by atoms with Gasteiger partial charge in [0.1, 0.15) is 0 Å². The molecule has 2 amide bonds. The predicted molar refractivity (Wildman–Crippen MR) is 89.3 cm³/mol. The molecule has 0 fully saturated rings. The second kappa shape index (κ2) is 7.09. The SMILES string of the molecule is CC(C)C(=O)Nc1cccc(C(=O)Nc2ccc(Cl)cc2)c1. The molecule has 4 nitrogen and oxygen atoms in total. The standard InChI is InChI=1S/C17H17ClN2O2/c1-11(2)16(21)20-15-5-3-4-12(10-15)17(22)19-14-8-6-13(18)7-9-14/h3-11H,1-2H3,(H,19,22)(H,20,21). The fourth-order valence-electron chi connectivity index (χ4n) is 1.76. The molecule has 0 heterocycles. The van der Waals surface area contributed by atoms with E-state index >= 15 is 0 Å². The van der Waals surface area contributed by atoms with Gasteiger partial charge in [-0.25, -0.2) is 0 Å². The van der Waals surface area contributed by atoms with Gasteiger partial charge in [-0.05, 0) is 42.5 Å². The van der Waals surface area contributed by atoms with E-state index in [1.165, 1.54) is 0 Å². The molecule has 114 valence electrons. The van der Waals surface area contributed by atoms with E-state index in [1.807, 2.05) is 13.8 Å². The minimum Gasteiger partial charge on any atom is -0.326 e. The van der Waals surface area contributed by atoms with Crippen LogP contribution in [0.3, 0.4) is 0 Å². The highest BCUT2D eigenvalue weighted by Crippen LogP contribution is 2.16. The van der Waals surface area contributed by atoms with Crippen LogP contribution in [-0.4, -0.2) is 11.8 Å². The zero-order valence-electron chi connectivity index (χ0n) is 12.4. The molecule has 2 rings (SSSR count). The Morgan fingerprint density at radius 2 is 1.64 bits per heavy atom. The topological polar surface area (TPSA) is 58.2 Å². The van der Waals surface area contributed by atoms with Gasteiger partial charge in [0, 0.05) is 27.9 Å². The summed E-state index contributed by atoms with van der Waals surface area (Å²) in [4.78, 5) is 23.9. The summed E-state index contributed by atoms with van der Waals surface area (Å²) in [6.07, 6.45) is 0. The molecule has 0 aliphatic rings. The van der Waals surface area contributed by atoms with Crippen molar-refractivity contribution in [1.29, 1.82) is 0 Å². The molecule has 2 aromatic rings. The van der Waals surface area contributed by atoms with Crippen molar-refractivity contribution in [2.45, 2.75) is 13.8 Å². The number of rotatable bonds is 4. The van der Waals surface area contributed by atoms with Crippen molar-refractivity contribution in [3.05, 3.63) is 59.1 Å². The molecule has 0 saturated heterocycles. The summed E-state index contributed by atoms with van der Waals surface area (Å²) in [5.41, 5.74) is 1.73. The average molecular weight is 317 g/mol. The maximum absolute atomic E-state index is 12.2.